The third-order valence-electron chi connectivity index (χ3n) is 4.45. The van der Waals surface area contributed by atoms with Gasteiger partial charge in [-0.05, 0) is 50.2 Å². The van der Waals surface area contributed by atoms with E-state index >= 15 is 0 Å². The molecule has 0 amide bonds. The van der Waals surface area contributed by atoms with E-state index in [1.807, 2.05) is 0 Å². The summed E-state index contributed by atoms with van der Waals surface area (Å²) in [6.07, 6.45) is 0. The second-order valence-electron chi connectivity index (χ2n) is 6.08. The van der Waals surface area contributed by atoms with E-state index in [1.165, 1.54) is 29.9 Å². The number of pyridine rings is 1. The van der Waals surface area contributed by atoms with Crippen molar-refractivity contribution in [3.63, 3.8) is 0 Å². The number of aryl methyl sites for hydroxylation is 1. The zero-order valence-electron chi connectivity index (χ0n) is 15.1. The van der Waals surface area contributed by atoms with Gasteiger partial charge in [-0.15, -0.1) is 0 Å². The maximum absolute atomic E-state index is 14.6. The minimum atomic E-state index is -0.749. The smallest absolute Gasteiger partial charge is 0.253 e. The molecule has 0 radical (unpaired) electrons. The topological polar surface area (TPSA) is 31.2 Å². The highest BCUT2D eigenvalue weighted by Gasteiger charge is 2.22. The Hall–Kier alpha value is -2.66. The number of ether oxygens (including phenoxy) is 1. The fourth-order valence-corrected chi connectivity index (χ4v) is 3.36. The first-order chi connectivity index (χ1) is 12.9. The van der Waals surface area contributed by atoms with Crippen molar-refractivity contribution in [2.75, 3.05) is 7.11 Å². The number of nitrogens with zero attached hydrogens (tertiary/aromatic N) is 1. The molecule has 0 aliphatic carbocycles. The predicted octanol–water partition coefficient (Wildman–Crippen LogP) is 5.45. The number of hydrogen-bond donors (Lipinski definition) is 0. The molecule has 6 heteroatoms. The highest BCUT2D eigenvalue weighted by Crippen LogP contribution is 2.39. The normalized spacial score (nSPS) is 10.9. The molecule has 0 aliphatic heterocycles. The van der Waals surface area contributed by atoms with E-state index in [2.05, 4.69) is 0 Å². The summed E-state index contributed by atoms with van der Waals surface area (Å²) in [5.74, 6) is -0.956. The molecule has 0 spiro atoms. The minimum Gasteiger partial charge on any atom is -0.497 e. The third-order valence-corrected chi connectivity index (χ3v) is 4.78. The van der Waals surface area contributed by atoms with Crippen molar-refractivity contribution in [3.05, 3.63) is 75.0 Å². The van der Waals surface area contributed by atoms with Gasteiger partial charge in [0.05, 0.1) is 18.4 Å². The third kappa shape index (κ3) is 3.35. The molecule has 0 aliphatic rings. The van der Waals surface area contributed by atoms with Crippen molar-refractivity contribution in [1.82, 2.24) is 4.57 Å². The van der Waals surface area contributed by atoms with Gasteiger partial charge in [-0.25, -0.2) is 8.78 Å². The molecule has 0 bridgehead atoms. The van der Waals surface area contributed by atoms with Gasteiger partial charge in [0.25, 0.3) is 5.56 Å². The Kier molecular flexibility index (Phi) is 5.33. The lowest BCUT2D eigenvalue weighted by Crippen LogP contribution is -2.24. The molecular weight excluding hydrogens is 372 g/mol. The van der Waals surface area contributed by atoms with Crippen LogP contribution in [0, 0.1) is 18.6 Å². The van der Waals surface area contributed by atoms with Crippen LogP contribution in [0.3, 0.4) is 0 Å². The molecule has 1 heterocycles. The number of rotatable bonds is 4. The summed E-state index contributed by atoms with van der Waals surface area (Å²) in [5, 5.41) is 0.384. The predicted molar refractivity (Wildman–Crippen MR) is 103 cm³/mol. The van der Waals surface area contributed by atoms with Crippen molar-refractivity contribution in [2.24, 2.45) is 0 Å². The van der Waals surface area contributed by atoms with Crippen molar-refractivity contribution in [2.45, 2.75) is 20.4 Å². The summed E-state index contributed by atoms with van der Waals surface area (Å²) in [4.78, 5) is 12.7. The minimum absolute atomic E-state index is 0.152. The van der Waals surface area contributed by atoms with Gasteiger partial charge in [-0.1, -0.05) is 17.7 Å². The van der Waals surface area contributed by atoms with E-state index in [-0.39, 0.29) is 23.4 Å². The summed E-state index contributed by atoms with van der Waals surface area (Å²) in [5.41, 5.74) is 1.02. The Morgan fingerprint density at radius 1 is 1.07 bits per heavy atom. The fourth-order valence-electron chi connectivity index (χ4n) is 3.14. The summed E-state index contributed by atoms with van der Waals surface area (Å²) in [6, 6.07) is 10.3. The van der Waals surface area contributed by atoms with E-state index in [1.54, 1.807) is 38.1 Å². The van der Waals surface area contributed by atoms with Gasteiger partial charge in [0, 0.05) is 28.3 Å². The van der Waals surface area contributed by atoms with Gasteiger partial charge in [-0.3, -0.25) is 4.79 Å². The molecule has 0 N–H and O–H groups in total. The van der Waals surface area contributed by atoms with Crippen LogP contribution in [-0.2, 0) is 6.54 Å². The molecule has 3 nitrogen and oxygen atoms in total. The Bertz CT molecular complexity index is 1060. The van der Waals surface area contributed by atoms with Crippen molar-refractivity contribution in [3.8, 4) is 28.1 Å². The van der Waals surface area contributed by atoms with Crippen LogP contribution in [0.2, 0.25) is 5.02 Å². The molecule has 27 heavy (non-hydrogen) atoms. The van der Waals surface area contributed by atoms with Crippen LogP contribution in [0.1, 0.15) is 12.5 Å². The van der Waals surface area contributed by atoms with Crippen LogP contribution in [0.5, 0.6) is 5.75 Å². The zero-order chi connectivity index (χ0) is 19.7. The first-order valence-electron chi connectivity index (χ1n) is 8.41. The average molecular weight is 390 g/mol. The molecule has 3 aromatic rings. The van der Waals surface area contributed by atoms with E-state index in [9.17, 15) is 13.6 Å². The maximum atomic E-state index is 14.6. The Balaban J connectivity index is 2.50. The summed E-state index contributed by atoms with van der Waals surface area (Å²) in [7, 11) is 1.52. The second-order valence-corrected chi connectivity index (χ2v) is 6.49. The van der Waals surface area contributed by atoms with Crippen molar-refractivity contribution < 1.29 is 13.5 Å². The fraction of sp³-hybridized carbons (Fsp3) is 0.190. The lowest BCUT2D eigenvalue weighted by Gasteiger charge is -2.20. The van der Waals surface area contributed by atoms with Crippen LogP contribution >= 0.6 is 11.6 Å². The SMILES string of the molecule is CCn1c(-c2c(F)cccc2F)c(-c2cc(OC)ccc2Cl)cc(C)c1=O. The van der Waals surface area contributed by atoms with Gasteiger partial charge >= 0.3 is 0 Å². The summed E-state index contributed by atoms with van der Waals surface area (Å²) < 4.78 is 35.8. The number of hydrogen-bond acceptors (Lipinski definition) is 2. The molecule has 3 rings (SSSR count). The number of benzene rings is 2. The number of halogens is 3. The molecular formula is C21H18ClF2NO2. The summed E-state index contributed by atoms with van der Waals surface area (Å²) in [6.45, 7) is 3.66. The maximum Gasteiger partial charge on any atom is 0.253 e. The first kappa shape index (κ1) is 19.1. The van der Waals surface area contributed by atoms with Gasteiger partial charge in [-0.2, -0.15) is 0 Å². The second kappa shape index (κ2) is 7.53. The highest BCUT2D eigenvalue weighted by atomic mass is 35.5. The van der Waals surface area contributed by atoms with Crippen LogP contribution in [0.15, 0.2) is 47.3 Å². The molecule has 0 saturated heterocycles. The first-order valence-corrected chi connectivity index (χ1v) is 8.79. The van der Waals surface area contributed by atoms with E-state index in [0.717, 1.165) is 0 Å². The highest BCUT2D eigenvalue weighted by molar-refractivity contribution is 6.33. The average Bonchev–Trinajstić information content (AvgIpc) is 2.65. The van der Waals surface area contributed by atoms with Crippen molar-refractivity contribution in [1.29, 1.82) is 0 Å². The van der Waals surface area contributed by atoms with Gasteiger partial charge < -0.3 is 9.30 Å². The standard InChI is InChI=1S/C21H18ClF2NO2/c1-4-25-20(19-17(23)6-5-7-18(19)24)15(10-12(2)21(25)26)14-11-13(27-3)8-9-16(14)22/h5-11H,4H2,1-3H3. The van der Waals surface area contributed by atoms with Crippen LogP contribution in [0.4, 0.5) is 8.78 Å². The molecule has 1 aromatic heterocycles. The quantitative estimate of drug-likeness (QED) is 0.594. The monoisotopic (exact) mass is 389 g/mol. The van der Waals surface area contributed by atoms with Crippen LogP contribution < -0.4 is 10.3 Å². The van der Waals surface area contributed by atoms with Gasteiger partial charge in [0.1, 0.15) is 17.4 Å². The number of methoxy groups -OCH3 is 1. The molecule has 0 saturated carbocycles. The van der Waals surface area contributed by atoms with E-state index < -0.39 is 11.6 Å². The Morgan fingerprint density at radius 3 is 2.33 bits per heavy atom. The Labute approximate surface area is 160 Å². The summed E-state index contributed by atoms with van der Waals surface area (Å²) >= 11 is 6.38. The van der Waals surface area contributed by atoms with Gasteiger partial charge in [0.2, 0.25) is 0 Å². The van der Waals surface area contributed by atoms with Crippen LogP contribution in [0.25, 0.3) is 22.4 Å². The molecule has 0 fully saturated rings. The van der Waals surface area contributed by atoms with E-state index in [0.29, 0.717) is 27.5 Å². The number of aromatic nitrogens is 1. The van der Waals surface area contributed by atoms with Crippen LogP contribution in [-0.4, -0.2) is 11.7 Å². The molecule has 2 aromatic carbocycles. The molecule has 140 valence electrons. The molecule has 0 unspecified atom stereocenters. The lowest BCUT2D eigenvalue weighted by molar-refractivity contribution is 0.415. The van der Waals surface area contributed by atoms with E-state index in [4.69, 9.17) is 16.3 Å². The van der Waals surface area contributed by atoms with Crippen molar-refractivity contribution >= 4 is 11.6 Å². The Morgan fingerprint density at radius 2 is 1.74 bits per heavy atom. The largest absolute Gasteiger partial charge is 0.497 e. The van der Waals surface area contributed by atoms with Gasteiger partial charge in [0.15, 0.2) is 0 Å². The lowest BCUT2D eigenvalue weighted by atomic mass is 9.96. The zero-order valence-corrected chi connectivity index (χ0v) is 15.9. The molecule has 0 atom stereocenters.